The summed E-state index contributed by atoms with van der Waals surface area (Å²) < 4.78 is 0. The van der Waals surface area contributed by atoms with Gasteiger partial charge in [-0.05, 0) is 25.8 Å². The molecule has 1 atom stereocenters. The van der Waals surface area contributed by atoms with Gasteiger partial charge in [-0.3, -0.25) is 0 Å². The summed E-state index contributed by atoms with van der Waals surface area (Å²) in [4.78, 5) is 8.36. The van der Waals surface area contributed by atoms with Crippen molar-refractivity contribution in [1.82, 2.24) is 9.97 Å². The van der Waals surface area contributed by atoms with E-state index in [1.165, 1.54) is 0 Å². The average Bonchev–Trinajstić information content (AvgIpc) is 2.21. The van der Waals surface area contributed by atoms with Gasteiger partial charge in [-0.2, -0.15) is 0 Å². The first-order valence-corrected chi connectivity index (χ1v) is 4.86. The first-order valence-electron chi connectivity index (χ1n) is 4.86. The van der Waals surface area contributed by atoms with Gasteiger partial charge in [0.15, 0.2) is 0 Å². The monoisotopic (exact) mass is 194 g/mol. The molecular formula is C10H18N4. The summed E-state index contributed by atoms with van der Waals surface area (Å²) in [5.41, 5.74) is 6.62. The van der Waals surface area contributed by atoms with Gasteiger partial charge in [0.2, 0.25) is 5.95 Å². The number of hydrogen-bond donors (Lipinski definition) is 2. The number of nitrogens with zero attached hydrogens (tertiary/aromatic N) is 2. The molecule has 14 heavy (non-hydrogen) atoms. The van der Waals surface area contributed by atoms with Crippen LogP contribution in [0.4, 0.5) is 5.95 Å². The van der Waals surface area contributed by atoms with Crippen LogP contribution in [0.1, 0.15) is 25.8 Å². The molecule has 0 fully saturated rings. The number of rotatable bonds is 4. The Morgan fingerprint density at radius 1 is 1.43 bits per heavy atom. The predicted molar refractivity (Wildman–Crippen MR) is 58.1 cm³/mol. The Balaban J connectivity index is 2.72. The van der Waals surface area contributed by atoms with E-state index in [1.807, 2.05) is 6.92 Å². The standard InChI is InChI=1S/C10H18N4/c1-4-10(3,7-11)14-9-12-5-8(2)6-13-9/h5-6H,4,7,11H2,1-3H3,(H,12,13,14). The summed E-state index contributed by atoms with van der Waals surface area (Å²) in [7, 11) is 0. The van der Waals surface area contributed by atoms with Gasteiger partial charge in [-0.25, -0.2) is 9.97 Å². The van der Waals surface area contributed by atoms with Gasteiger partial charge in [-0.15, -0.1) is 0 Å². The van der Waals surface area contributed by atoms with Gasteiger partial charge < -0.3 is 11.1 Å². The van der Waals surface area contributed by atoms with E-state index in [4.69, 9.17) is 5.73 Å². The molecule has 4 nitrogen and oxygen atoms in total. The summed E-state index contributed by atoms with van der Waals surface area (Å²) in [6.45, 7) is 6.69. The third-order valence-corrected chi connectivity index (χ3v) is 2.43. The van der Waals surface area contributed by atoms with E-state index in [0.29, 0.717) is 12.5 Å². The van der Waals surface area contributed by atoms with E-state index >= 15 is 0 Å². The molecule has 0 aliphatic rings. The Morgan fingerprint density at radius 2 is 2.00 bits per heavy atom. The van der Waals surface area contributed by atoms with Crippen LogP contribution >= 0.6 is 0 Å². The van der Waals surface area contributed by atoms with Crippen molar-refractivity contribution >= 4 is 5.95 Å². The van der Waals surface area contributed by atoms with Crippen LogP contribution < -0.4 is 11.1 Å². The second-order valence-electron chi connectivity index (χ2n) is 3.83. The Hall–Kier alpha value is -1.16. The molecular weight excluding hydrogens is 176 g/mol. The Kier molecular flexibility index (Phi) is 3.41. The van der Waals surface area contributed by atoms with Crippen LogP contribution in [0.2, 0.25) is 0 Å². The fraction of sp³-hybridized carbons (Fsp3) is 0.600. The molecule has 4 heteroatoms. The normalized spacial score (nSPS) is 14.9. The first-order chi connectivity index (χ1) is 6.59. The lowest BCUT2D eigenvalue weighted by atomic mass is 10.00. The highest BCUT2D eigenvalue weighted by Gasteiger charge is 2.20. The summed E-state index contributed by atoms with van der Waals surface area (Å²) in [5.74, 6) is 0.644. The second kappa shape index (κ2) is 4.37. The Bertz CT molecular complexity index is 277. The van der Waals surface area contributed by atoms with Crippen molar-refractivity contribution in [2.75, 3.05) is 11.9 Å². The number of nitrogens with two attached hydrogens (primary N) is 1. The third-order valence-electron chi connectivity index (χ3n) is 2.43. The van der Waals surface area contributed by atoms with Crippen molar-refractivity contribution in [3.63, 3.8) is 0 Å². The molecule has 1 aromatic rings. The lowest BCUT2D eigenvalue weighted by molar-refractivity contribution is 0.502. The Morgan fingerprint density at radius 3 is 2.43 bits per heavy atom. The highest BCUT2D eigenvalue weighted by atomic mass is 15.1. The number of hydrogen-bond acceptors (Lipinski definition) is 4. The molecule has 0 spiro atoms. The van der Waals surface area contributed by atoms with Crippen LogP contribution in [0.25, 0.3) is 0 Å². The maximum absolute atomic E-state index is 5.68. The van der Waals surface area contributed by atoms with Crippen molar-refractivity contribution in [2.24, 2.45) is 5.73 Å². The van der Waals surface area contributed by atoms with E-state index < -0.39 is 0 Å². The van der Waals surface area contributed by atoms with Crippen LogP contribution in [0.3, 0.4) is 0 Å². The lowest BCUT2D eigenvalue weighted by Gasteiger charge is -2.27. The topological polar surface area (TPSA) is 63.8 Å². The van der Waals surface area contributed by atoms with Crippen molar-refractivity contribution < 1.29 is 0 Å². The molecule has 1 aromatic heterocycles. The van der Waals surface area contributed by atoms with Gasteiger partial charge in [-0.1, -0.05) is 6.92 Å². The van der Waals surface area contributed by atoms with Gasteiger partial charge in [0.25, 0.3) is 0 Å². The smallest absolute Gasteiger partial charge is 0.223 e. The fourth-order valence-corrected chi connectivity index (χ4v) is 1.01. The minimum Gasteiger partial charge on any atom is -0.348 e. The molecule has 0 aliphatic carbocycles. The highest BCUT2D eigenvalue weighted by molar-refractivity contribution is 5.29. The zero-order chi connectivity index (χ0) is 10.6. The van der Waals surface area contributed by atoms with Crippen molar-refractivity contribution in [1.29, 1.82) is 0 Å². The third kappa shape index (κ3) is 2.67. The van der Waals surface area contributed by atoms with E-state index in [0.717, 1.165) is 12.0 Å². The summed E-state index contributed by atoms with van der Waals surface area (Å²) in [5, 5.41) is 3.23. The van der Waals surface area contributed by atoms with E-state index in [2.05, 4.69) is 29.1 Å². The van der Waals surface area contributed by atoms with E-state index in [-0.39, 0.29) is 5.54 Å². The maximum atomic E-state index is 5.68. The molecule has 1 heterocycles. The average molecular weight is 194 g/mol. The van der Waals surface area contributed by atoms with Crippen molar-refractivity contribution in [3.05, 3.63) is 18.0 Å². The van der Waals surface area contributed by atoms with Gasteiger partial charge in [0.05, 0.1) is 0 Å². The number of aryl methyl sites for hydroxylation is 1. The molecule has 0 saturated heterocycles. The molecule has 0 bridgehead atoms. The van der Waals surface area contributed by atoms with Gasteiger partial charge in [0, 0.05) is 24.5 Å². The summed E-state index contributed by atoms with van der Waals surface area (Å²) in [6, 6.07) is 0. The Labute approximate surface area is 85.0 Å². The first kappa shape index (κ1) is 10.9. The molecule has 78 valence electrons. The largest absolute Gasteiger partial charge is 0.348 e. The SMILES string of the molecule is CCC(C)(CN)Nc1ncc(C)cn1. The maximum Gasteiger partial charge on any atom is 0.223 e. The fourth-order valence-electron chi connectivity index (χ4n) is 1.01. The van der Waals surface area contributed by atoms with Crippen LogP contribution in [-0.2, 0) is 0 Å². The number of anilines is 1. The van der Waals surface area contributed by atoms with Crippen LogP contribution in [-0.4, -0.2) is 22.1 Å². The molecule has 0 saturated carbocycles. The van der Waals surface area contributed by atoms with E-state index in [9.17, 15) is 0 Å². The van der Waals surface area contributed by atoms with Gasteiger partial charge in [0.1, 0.15) is 0 Å². The molecule has 0 amide bonds. The minimum absolute atomic E-state index is 0.116. The molecule has 0 radical (unpaired) electrons. The number of aromatic nitrogens is 2. The van der Waals surface area contributed by atoms with Crippen LogP contribution in [0.15, 0.2) is 12.4 Å². The van der Waals surface area contributed by atoms with E-state index in [1.54, 1.807) is 12.4 Å². The molecule has 0 aliphatic heterocycles. The van der Waals surface area contributed by atoms with Crippen LogP contribution in [0, 0.1) is 6.92 Å². The molecule has 1 unspecified atom stereocenters. The second-order valence-corrected chi connectivity index (χ2v) is 3.83. The predicted octanol–water partition coefficient (Wildman–Crippen LogP) is 1.32. The number of nitrogens with one attached hydrogen (secondary N) is 1. The molecule has 1 rings (SSSR count). The lowest BCUT2D eigenvalue weighted by Crippen LogP contribution is -2.42. The molecule has 3 N–H and O–H groups in total. The van der Waals surface area contributed by atoms with Crippen molar-refractivity contribution in [3.8, 4) is 0 Å². The van der Waals surface area contributed by atoms with Crippen LogP contribution in [0.5, 0.6) is 0 Å². The zero-order valence-corrected chi connectivity index (χ0v) is 9.04. The molecule has 0 aromatic carbocycles. The zero-order valence-electron chi connectivity index (χ0n) is 9.04. The summed E-state index contributed by atoms with van der Waals surface area (Å²) in [6.07, 6.45) is 4.53. The van der Waals surface area contributed by atoms with Gasteiger partial charge >= 0.3 is 0 Å². The quantitative estimate of drug-likeness (QED) is 0.759. The highest BCUT2D eigenvalue weighted by Crippen LogP contribution is 2.13. The summed E-state index contributed by atoms with van der Waals surface area (Å²) >= 11 is 0. The van der Waals surface area contributed by atoms with Crippen molar-refractivity contribution in [2.45, 2.75) is 32.7 Å². The minimum atomic E-state index is -0.116.